The smallest absolute Gasteiger partial charge is 0.267 e. The van der Waals surface area contributed by atoms with Crippen LogP contribution in [0.25, 0.3) is 0 Å². The van der Waals surface area contributed by atoms with Crippen molar-refractivity contribution in [2.24, 2.45) is 7.05 Å². The second-order valence-electron chi connectivity index (χ2n) is 4.90. The number of carbonyl (C=O) groups excluding carboxylic acids is 1. The Labute approximate surface area is 118 Å². The molecule has 1 aliphatic rings. The number of nitrogens with zero attached hydrogens (tertiary/aromatic N) is 1. The zero-order valence-corrected chi connectivity index (χ0v) is 12.5. The van der Waals surface area contributed by atoms with Gasteiger partial charge in [-0.15, -0.1) is 0 Å². The molecule has 112 valence electrons. The Bertz CT molecular complexity index is 588. The number of amides is 1. The first-order valence-electron chi connectivity index (χ1n) is 6.55. The maximum absolute atomic E-state index is 12.2. The molecule has 2 heterocycles. The number of sulfonamides is 1. The number of rotatable bonds is 5. The van der Waals surface area contributed by atoms with Gasteiger partial charge in [-0.25, -0.2) is 13.1 Å². The zero-order valence-electron chi connectivity index (χ0n) is 11.6. The van der Waals surface area contributed by atoms with Crippen molar-refractivity contribution in [3.05, 3.63) is 18.0 Å². The maximum Gasteiger partial charge on any atom is 0.267 e. The van der Waals surface area contributed by atoms with Gasteiger partial charge in [-0.3, -0.25) is 4.79 Å². The monoisotopic (exact) mass is 300 g/mol. The summed E-state index contributed by atoms with van der Waals surface area (Å²) in [7, 11) is -0.434. The Balaban J connectivity index is 2.10. The van der Waals surface area contributed by atoms with E-state index >= 15 is 0 Å². The number of aryl methyl sites for hydroxylation is 1. The fraction of sp³-hybridized carbons (Fsp3) is 0.583. The Kier molecular flexibility index (Phi) is 4.46. The normalized spacial score (nSPS) is 19.2. The van der Waals surface area contributed by atoms with Gasteiger partial charge < -0.3 is 15.2 Å². The van der Waals surface area contributed by atoms with Gasteiger partial charge in [0.25, 0.3) is 5.91 Å². The molecule has 1 saturated heterocycles. The summed E-state index contributed by atoms with van der Waals surface area (Å²) in [5.41, 5.74) is 0.312. The molecule has 1 aromatic heterocycles. The molecule has 2 rings (SSSR count). The quantitative estimate of drug-likeness (QED) is 0.678. The largest absolute Gasteiger partial charge is 0.354 e. The van der Waals surface area contributed by atoms with Crippen molar-refractivity contribution >= 4 is 15.9 Å². The van der Waals surface area contributed by atoms with Gasteiger partial charge in [-0.05, 0) is 25.5 Å². The predicted molar refractivity (Wildman–Crippen MR) is 75.0 cm³/mol. The lowest BCUT2D eigenvalue weighted by Crippen LogP contribution is -2.37. The average molecular weight is 300 g/mol. The minimum Gasteiger partial charge on any atom is -0.354 e. The van der Waals surface area contributed by atoms with Gasteiger partial charge in [0.2, 0.25) is 10.0 Å². The van der Waals surface area contributed by atoms with Crippen molar-refractivity contribution in [1.29, 1.82) is 0 Å². The summed E-state index contributed by atoms with van der Waals surface area (Å²) in [5.74, 6) is -0.314. The first kappa shape index (κ1) is 15.0. The van der Waals surface area contributed by atoms with Crippen LogP contribution in [0.3, 0.4) is 0 Å². The van der Waals surface area contributed by atoms with E-state index in [0.717, 1.165) is 19.4 Å². The highest BCUT2D eigenvalue weighted by molar-refractivity contribution is 7.89. The maximum atomic E-state index is 12.2. The molecule has 0 bridgehead atoms. The van der Waals surface area contributed by atoms with E-state index in [1.165, 1.54) is 23.9 Å². The van der Waals surface area contributed by atoms with E-state index in [9.17, 15) is 13.2 Å². The van der Waals surface area contributed by atoms with Gasteiger partial charge in [0, 0.05) is 32.9 Å². The fourth-order valence-electron chi connectivity index (χ4n) is 2.26. The van der Waals surface area contributed by atoms with Crippen LogP contribution in [0, 0.1) is 0 Å². The van der Waals surface area contributed by atoms with Crippen molar-refractivity contribution in [3.8, 4) is 0 Å². The van der Waals surface area contributed by atoms with Crippen LogP contribution in [0.5, 0.6) is 0 Å². The highest BCUT2D eigenvalue weighted by Gasteiger charge is 2.22. The third-order valence-corrected chi connectivity index (χ3v) is 4.82. The molecule has 1 aromatic rings. The van der Waals surface area contributed by atoms with E-state index in [0.29, 0.717) is 12.2 Å². The first-order chi connectivity index (χ1) is 9.44. The number of aromatic nitrogens is 1. The Hall–Kier alpha value is -1.38. The van der Waals surface area contributed by atoms with Crippen molar-refractivity contribution in [1.82, 2.24) is 19.9 Å². The third-order valence-electron chi connectivity index (χ3n) is 3.43. The van der Waals surface area contributed by atoms with Gasteiger partial charge in [0.05, 0.1) is 0 Å². The molecule has 0 saturated carbocycles. The molecule has 0 aromatic carbocycles. The predicted octanol–water partition coefficient (Wildman–Crippen LogP) is -0.585. The van der Waals surface area contributed by atoms with Crippen molar-refractivity contribution in [2.45, 2.75) is 23.8 Å². The molecule has 0 aliphatic carbocycles. The van der Waals surface area contributed by atoms with E-state index in [1.807, 2.05) is 0 Å². The minimum absolute atomic E-state index is 0.108. The molecule has 20 heavy (non-hydrogen) atoms. The van der Waals surface area contributed by atoms with Crippen LogP contribution >= 0.6 is 0 Å². The van der Waals surface area contributed by atoms with E-state index in [1.54, 1.807) is 7.05 Å². The molecular formula is C12H20N4O3S. The van der Waals surface area contributed by atoms with Gasteiger partial charge in [0.1, 0.15) is 10.6 Å². The van der Waals surface area contributed by atoms with Crippen LogP contribution < -0.4 is 15.4 Å². The minimum atomic E-state index is -3.58. The molecule has 0 spiro atoms. The topological polar surface area (TPSA) is 92.2 Å². The molecule has 1 unspecified atom stereocenters. The second kappa shape index (κ2) is 5.94. The summed E-state index contributed by atoms with van der Waals surface area (Å²) in [6, 6.07) is 1.57. The van der Waals surface area contributed by atoms with E-state index < -0.39 is 10.0 Å². The summed E-state index contributed by atoms with van der Waals surface area (Å²) in [4.78, 5) is 11.7. The summed E-state index contributed by atoms with van der Waals surface area (Å²) in [6.07, 6.45) is 3.48. The second-order valence-corrected chi connectivity index (χ2v) is 6.66. The highest BCUT2D eigenvalue weighted by atomic mass is 32.2. The summed E-state index contributed by atoms with van der Waals surface area (Å²) in [6.45, 7) is 1.30. The molecule has 8 heteroatoms. The van der Waals surface area contributed by atoms with Crippen molar-refractivity contribution in [2.75, 3.05) is 20.1 Å². The van der Waals surface area contributed by atoms with Gasteiger partial charge in [0.15, 0.2) is 0 Å². The molecular weight excluding hydrogens is 280 g/mol. The highest BCUT2D eigenvalue weighted by Crippen LogP contribution is 2.14. The van der Waals surface area contributed by atoms with Crippen LogP contribution in [0.1, 0.15) is 23.3 Å². The molecule has 7 nitrogen and oxygen atoms in total. The van der Waals surface area contributed by atoms with Crippen LogP contribution in [-0.2, 0) is 17.1 Å². The summed E-state index contributed by atoms with van der Waals surface area (Å²) < 4.78 is 28.4. The van der Waals surface area contributed by atoms with Crippen LogP contribution in [0.15, 0.2) is 17.2 Å². The zero-order chi connectivity index (χ0) is 14.8. The third kappa shape index (κ3) is 3.20. The van der Waals surface area contributed by atoms with Crippen molar-refractivity contribution in [3.63, 3.8) is 0 Å². The number of carbonyl (C=O) groups is 1. The molecule has 1 fully saturated rings. The molecule has 3 N–H and O–H groups in total. The van der Waals surface area contributed by atoms with E-state index in [2.05, 4.69) is 15.4 Å². The first-order valence-corrected chi connectivity index (χ1v) is 8.04. The van der Waals surface area contributed by atoms with Gasteiger partial charge >= 0.3 is 0 Å². The van der Waals surface area contributed by atoms with Crippen LogP contribution in [0.2, 0.25) is 0 Å². The Morgan fingerprint density at radius 2 is 2.30 bits per heavy atom. The number of nitrogens with one attached hydrogen (secondary N) is 3. The number of hydrogen-bond donors (Lipinski definition) is 3. The molecule has 1 aliphatic heterocycles. The molecule has 1 amide bonds. The van der Waals surface area contributed by atoms with Crippen LogP contribution in [0.4, 0.5) is 0 Å². The lowest BCUT2D eigenvalue weighted by Gasteiger charge is -2.10. The average Bonchev–Trinajstić information content (AvgIpc) is 3.05. The lowest BCUT2D eigenvalue weighted by atomic mass is 10.2. The SMILES string of the molecule is CNC(=O)c1cc(S(=O)(=O)NCC2CCCN2)cn1C. The van der Waals surface area contributed by atoms with E-state index in [-0.39, 0.29) is 16.8 Å². The fourth-order valence-corrected chi connectivity index (χ4v) is 3.41. The molecule has 0 radical (unpaired) electrons. The van der Waals surface area contributed by atoms with Gasteiger partial charge in [-0.1, -0.05) is 0 Å². The lowest BCUT2D eigenvalue weighted by molar-refractivity contribution is 0.0955. The van der Waals surface area contributed by atoms with E-state index in [4.69, 9.17) is 0 Å². The van der Waals surface area contributed by atoms with Gasteiger partial charge in [-0.2, -0.15) is 0 Å². The summed E-state index contributed by atoms with van der Waals surface area (Å²) >= 11 is 0. The Morgan fingerprint density at radius 1 is 1.55 bits per heavy atom. The van der Waals surface area contributed by atoms with Crippen molar-refractivity contribution < 1.29 is 13.2 Å². The Morgan fingerprint density at radius 3 is 2.90 bits per heavy atom. The standard InChI is InChI=1S/C12H20N4O3S/c1-13-12(17)11-6-10(8-16(11)2)20(18,19)15-7-9-4-3-5-14-9/h6,8-9,14-15H,3-5,7H2,1-2H3,(H,13,17). The summed E-state index contributed by atoms with van der Waals surface area (Å²) in [5, 5.41) is 5.71. The van der Waals surface area contributed by atoms with Crippen LogP contribution in [-0.4, -0.2) is 45.1 Å². The molecule has 1 atom stereocenters. The number of hydrogen-bond acceptors (Lipinski definition) is 4.